The number of nitrogens with zero attached hydrogens (tertiary/aromatic N) is 2. The van der Waals surface area contributed by atoms with Gasteiger partial charge in [0.1, 0.15) is 11.5 Å². The van der Waals surface area contributed by atoms with Gasteiger partial charge in [-0.15, -0.1) is 0 Å². The van der Waals surface area contributed by atoms with Crippen LogP contribution in [0.25, 0.3) is 0 Å². The summed E-state index contributed by atoms with van der Waals surface area (Å²) in [5.41, 5.74) is 2.07. The highest BCUT2D eigenvalue weighted by atomic mass is 19.1. The van der Waals surface area contributed by atoms with Gasteiger partial charge in [-0.25, -0.2) is 9.37 Å². The third kappa shape index (κ3) is 5.50. The van der Waals surface area contributed by atoms with Crippen LogP contribution in [0.15, 0.2) is 42.6 Å². The number of amides is 1. The van der Waals surface area contributed by atoms with Crippen LogP contribution in [0.3, 0.4) is 0 Å². The second-order valence-electron chi connectivity index (χ2n) is 6.12. The second kappa shape index (κ2) is 9.26. The Morgan fingerprint density at radius 1 is 1.15 bits per heavy atom. The van der Waals surface area contributed by atoms with Crippen LogP contribution < -0.4 is 10.6 Å². The van der Waals surface area contributed by atoms with E-state index in [4.69, 9.17) is 4.74 Å². The van der Waals surface area contributed by atoms with Crippen molar-refractivity contribution in [1.29, 1.82) is 0 Å². The third-order valence-corrected chi connectivity index (χ3v) is 4.22. The smallest absolute Gasteiger partial charge is 0.270 e. The van der Waals surface area contributed by atoms with Gasteiger partial charge in [-0.05, 0) is 29.8 Å². The van der Waals surface area contributed by atoms with Crippen LogP contribution in [0.1, 0.15) is 16.1 Å². The van der Waals surface area contributed by atoms with Crippen molar-refractivity contribution >= 4 is 11.6 Å². The van der Waals surface area contributed by atoms with Gasteiger partial charge in [0.2, 0.25) is 0 Å². The van der Waals surface area contributed by atoms with Crippen LogP contribution in [0.4, 0.5) is 10.1 Å². The quantitative estimate of drug-likeness (QED) is 0.791. The average molecular weight is 358 g/mol. The summed E-state index contributed by atoms with van der Waals surface area (Å²) in [6.45, 7) is 5.62. The summed E-state index contributed by atoms with van der Waals surface area (Å²) in [6.07, 6.45) is 1.66. The number of ether oxygens (including phenoxy) is 1. The van der Waals surface area contributed by atoms with Crippen molar-refractivity contribution in [2.24, 2.45) is 0 Å². The van der Waals surface area contributed by atoms with E-state index >= 15 is 0 Å². The number of benzene rings is 1. The molecule has 0 spiro atoms. The third-order valence-electron chi connectivity index (χ3n) is 4.22. The summed E-state index contributed by atoms with van der Waals surface area (Å²) >= 11 is 0. The zero-order valence-corrected chi connectivity index (χ0v) is 14.6. The van der Waals surface area contributed by atoms with Crippen LogP contribution in [0.2, 0.25) is 0 Å². The van der Waals surface area contributed by atoms with E-state index in [0.29, 0.717) is 12.2 Å². The Bertz CT molecular complexity index is 700. The first-order valence-corrected chi connectivity index (χ1v) is 8.73. The fourth-order valence-corrected chi connectivity index (χ4v) is 2.69. The van der Waals surface area contributed by atoms with Crippen LogP contribution in [0.5, 0.6) is 0 Å². The number of hydrogen-bond donors (Lipinski definition) is 2. The van der Waals surface area contributed by atoms with Crippen LogP contribution in [0, 0.1) is 5.82 Å². The first-order valence-electron chi connectivity index (χ1n) is 8.73. The molecule has 0 atom stereocenters. The number of carbonyl (C=O) groups is 1. The fourth-order valence-electron chi connectivity index (χ4n) is 2.69. The first-order chi connectivity index (χ1) is 12.7. The van der Waals surface area contributed by atoms with E-state index in [0.717, 1.165) is 50.6 Å². The van der Waals surface area contributed by atoms with E-state index < -0.39 is 0 Å². The second-order valence-corrected chi connectivity index (χ2v) is 6.12. The Labute approximate surface area is 152 Å². The lowest BCUT2D eigenvalue weighted by atomic mass is 10.2. The molecule has 1 aliphatic rings. The van der Waals surface area contributed by atoms with Gasteiger partial charge in [-0.2, -0.15) is 0 Å². The van der Waals surface area contributed by atoms with E-state index in [2.05, 4.69) is 20.5 Å². The lowest BCUT2D eigenvalue weighted by Crippen LogP contribution is -2.39. The Hall–Kier alpha value is -2.51. The Kier molecular flexibility index (Phi) is 6.51. The van der Waals surface area contributed by atoms with Crippen molar-refractivity contribution < 1.29 is 13.9 Å². The molecule has 1 aliphatic heterocycles. The molecule has 2 aromatic rings. The molecule has 0 radical (unpaired) electrons. The van der Waals surface area contributed by atoms with E-state index in [1.807, 2.05) is 6.07 Å². The van der Waals surface area contributed by atoms with Gasteiger partial charge in [0.05, 0.1) is 25.1 Å². The SMILES string of the molecule is O=C(NCc1ccc(F)cc1)c1ccc(NCCN2CCOCC2)cn1. The van der Waals surface area contributed by atoms with Gasteiger partial charge in [-0.3, -0.25) is 9.69 Å². The zero-order chi connectivity index (χ0) is 18.2. The molecular formula is C19H23FN4O2. The van der Waals surface area contributed by atoms with Crippen LogP contribution in [-0.4, -0.2) is 55.2 Å². The number of aromatic nitrogens is 1. The summed E-state index contributed by atoms with van der Waals surface area (Å²) in [4.78, 5) is 18.7. The molecule has 0 aliphatic carbocycles. The predicted molar refractivity (Wildman–Crippen MR) is 97.6 cm³/mol. The van der Waals surface area contributed by atoms with E-state index in [-0.39, 0.29) is 11.7 Å². The number of pyridine rings is 1. The molecule has 2 heterocycles. The number of halogens is 1. The number of morpholine rings is 1. The van der Waals surface area contributed by atoms with E-state index in [1.165, 1.54) is 12.1 Å². The molecule has 0 saturated carbocycles. The Morgan fingerprint density at radius 2 is 1.92 bits per heavy atom. The number of rotatable bonds is 7. The number of nitrogens with one attached hydrogen (secondary N) is 2. The normalized spacial score (nSPS) is 14.8. The maximum absolute atomic E-state index is 12.9. The standard InChI is InChI=1S/C19H23FN4O2/c20-16-3-1-15(2-4-16)13-23-19(25)18-6-5-17(14-22-18)21-7-8-24-9-11-26-12-10-24/h1-6,14,21H,7-13H2,(H,23,25). The number of carbonyl (C=O) groups excluding carboxylic acids is 1. The summed E-state index contributed by atoms with van der Waals surface area (Å²) in [5, 5.41) is 6.09. The maximum Gasteiger partial charge on any atom is 0.270 e. The Morgan fingerprint density at radius 3 is 2.62 bits per heavy atom. The van der Waals surface area contributed by atoms with Gasteiger partial charge in [0, 0.05) is 32.7 Å². The minimum Gasteiger partial charge on any atom is -0.383 e. The molecule has 138 valence electrons. The molecule has 2 N–H and O–H groups in total. The summed E-state index contributed by atoms with van der Waals surface area (Å²) in [6, 6.07) is 9.57. The molecular weight excluding hydrogens is 335 g/mol. The molecule has 1 aromatic carbocycles. The average Bonchev–Trinajstić information content (AvgIpc) is 2.69. The van der Waals surface area contributed by atoms with Crippen molar-refractivity contribution in [3.8, 4) is 0 Å². The summed E-state index contributed by atoms with van der Waals surface area (Å²) in [5.74, 6) is -0.548. The number of anilines is 1. The zero-order valence-electron chi connectivity index (χ0n) is 14.6. The van der Waals surface area contributed by atoms with E-state index in [1.54, 1.807) is 24.4 Å². The lowest BCUT2D eigenvalue weighted by Gasteiger charge is -2.26. The Balaban J connectivity index is 1.42. The largest absolute Gasteiger partial charge is 0.383 e. The fraction of sp³-hybridized carbons (Fsp3) is 0.368. The van der Waals surface area contributed by atoms with Gasteiger partial charge in [-0.1, -0.05) is 12.1 Å². The van der Waals surface area contributed by atoms with Crippen LogP contribution >= 0.6 is 0 Å². The molecule has 3 rings (SSSR count). The van der Waals surface area contributed by atoms with Crippen molar-refractivity contribution in [2.45, 2.75) is 6.54 Å². The monoisotopic (exact) mass is 358 g/mol. The maximum atomic E-state index is 12.9. The van der Waals surface area contributed by atoms with Gasteiger partial charge in [0.25, 0.3) is 5.91 Å². The first kappa shape index (κ1) is 18.3. The summed E-state index contributed by atoms with van der Waals surface area (Å²) in [7, 11) is 0. The van der Waals surface area contributed by atoms with Gasteiger partial charge >= 0.3 is 0 Å². The molecule has 1 fully saturated rings. The van der Waals surface area contributed by atoms with Gasteiger partial charge < -0.3 is 15.4 Å². The topological polar surface area (TPSA) is 66.5 Å². The minimum atomic E-state index is -0.293. The molecule has 1 amide bonds. The predicted octanol–water partition coefficient (Wildman–Crippen LogP) is 1.89. The van der Waals surface area contributed by atoms with Crippen molar-refractivity contribution in [3.05, 3.63) is 59.7 Å². The highest BCUT2D eigenvalue weighted by molar-refractivity contribution is 5.92. The highest BCUT2D eigenvalue weighted by Crippen LogP contribution is 2.07. The molecule has 0 unspecified atom stereocenters. The van der Waals surface area contributed by atoms with Gasteiger partial charge in [0.15, 0.2) is 0 Å². The van der Waals surface area contributed by atoms with E-state index in [9.17, 15) is 9.18 Å². The summed E-state index contributed by atoms with van der Waals surface area (Å²) < 4.78 is 18.2. The highest BCUT2D eigenvalue weighted by Gasteiger charge is 2.10. The number of hydrogen-bond acceptors (Lipinski definition) is 5. The molecule has 1 aromatic heterocycles. The molecule has 0 bridgehead atoms. The van der Waals surface area contributed by atoms with Crippen molar-refractivity contribution in [2.75, 3.05) is 44.7 Å². The molecule has 1 saturated heterocycles. The van der Waals surface area contributed by atoms with Crippen molar-refractivity contribution in [3.63, 3.8) is 0 Å². The minimum absolute atomic E-state index is 0.255. The molecule has 6 nitrogen and oxygen atoms in total. The van der Waals surface area contributed by atoms with Crippen molar-refractivity contribution in [1.82, 2.24) is 15.2 Å². The molecule has 26 heavy (non-hydrogen) atoms. The van der Waals surface area contributed by atoms with Crippen LogP contribution in [-0.2, 0) is 11.3 Å². The lowest BCUT2D eigenvalue weighted by molar-refractivity contribution is 0.0398. The molecule has 7 heteroatoms.